The van der Waals surface area contributed by atoms with Crippen molar-refractivity contribution in [2.45, 2.75) is 0 Å². The minimum Gasteiger partial charge on any atom is -0.307 e. The smallest absolute Gasteiger partial charge is 0.110 e. The maximum atomic E-state index is 5.20. The lowest BCUT2D eigenvalue weighted by atomic mass is 10.4. The first kappa shape index (κ1) is 9.79. The van der Waals surface area contributed by atoms with E-state index in [0.717, 1.165) is 14.0 Å². The van der Waals surface area contributed by atoms with Gasteiger partial charge in [0.2, 0.25) is 0 Å². The largest absolute Gasteiger partial charge is 0.307 e. The third kappa shape index (κ3) is 2.01. The SMILES string of the molecule is S=c1ccccn1-c1ccc(I)nc1. The summed E-state index contributed by atoms with van der Waals surface area (Å²) in [5, 5.41) is 0. The molecule has 2 heterocycles. The van der Waals surface area contributed by atoms with E-state index in [2.05, 4.69) is 27.6 Å². The Kier molecular flexibility index (Phi) is 2.93. The summed E-state index contributed by atoms with van der Waals surface area (Å²) in [4.78, 5) is 4.22. The van der Waals surface area contributed by atoms with Gasteiger partial charge < -0.3 is 4.57 Å². The van der Waals surface area contributed by atoms with Crippen molar-refractivity contribution >= 4 is 34.8 Å². The van der Waals surface area contributed by atoms with Crippen molar-refractivity contribution in [3.8, 4) is 5.69 Å². The molecule has 2 aromatic heterocycles. The molecule has 0 atom stereocenters. The van der Waals surface area contributed by atoms with E-state index in [1.165, 1.54) is 0 Å². The minimum absolute atomic E-state index is 0.788. The van der Waals surface area contributed by atoms with Gasteiger partial charge >= 0.3 is 0 Å². The quantitative estimate of drug-likeness (QED) is 0.457. The first-order valence-corrected chi connectivity index (χ1v) is 5.56. The highest BCUT2D eigenvalue weighted by Crippen LogP contribution is 2.08. The standard InChI is InChI=1S/C10H7IN2S/c11-9-5-4-8(7-12-9)13-6-2-1-3-10(13)14/h1-7H. The third-order valence-corrected chi connectivity index (χ3v) is 2.78. The van der Waals surface area contributed by atoms with Gasteiger partial charge in [0.15, 0.2) is 0 Å². The lowest BCUT2D eigenvalue weighted by Crippen LogP contribution is -1.96. The van der Waals surface area contributed by atoms with Crippen molar-refractivity contribution in [1.29, 1.82) is 0 Å². The van der Waals surface area contributed by atoms with E-state index >= 15 is 0 Å². The number of nitrogens with zero attached hydrogens (tertiary/aromatic N) is 2. The van der Waals surface area contributed by atoms with Crippen LogP contribution in [-0.2, 0) is 0 Å². The first-order chi connectivity index (χ1) is 6.77. The van der Waals surface area contributed by atoms with Gasteiger partial charge in [0.1, 0.15) is 8.34 Å². The number of hydrogen-bond donors (Lipinski definition) is 0. The molecule has 14 heavy (non-hydrogen) atoms. The Balaban J connectivity index is 2.56. The van der Waals surface area contributed by atoms with Gasteiger partial charge in [-0.1, -0.05) is 18.3 Å². The summed E-state index contributed by atoms with van der Waals surface area (Å²) in [6.07, 6.45) is 3.75. The van der Waals surface area contributed by atoms with Crippen LogP contribution in [0.5, 0.6) is 0 Å². The van der Waals surface area contributed by atoms with Gasteiger partial charge in [-0.15, -0.1) is 0 Å². The van der Waals surface area contributed by atoms with Gasteiger partial charge in [-0.2, -0.15) is 0 Å². The topological polar surface area (TPSA) is 17.8 Å². The van der Waals surface area contributed by atoms with E-state index in [1.807, 2.05) is 47.3 Å². The average Bonchev–Trinajstić information content (AvgIpc) is 2.20. The Hall–Kier alpha value is -0.750. The van der Waals surface area contributed by atoms with Crippen molar-refractivity contribution in [3.05, 3.63) is 51.1 Å². The Morgan fingerprint density at radius 3 is 2.71 bits per heavy atom. The van der Waals surface area contributed by atoms with E-state index < -0.39 is 0 Å². The molecular formula is C10H7IN2S. The molecule has 2 nitrogen and oxygen atoms in total. The molecule has 0 spiro atoms. The summed E-state index contributed by atoms with van der Waals surface area (Å²) >= 11 is 7.38. The zero-order valence-corrected chi connectivity index (χ0v) is 10.2. The van der Waals surface area contributed by atoms with Gasteiger partial charge in [-0.25, -0.2) is 4.98 Å². The van der Waals surface area contributed by atoms with Crippen LogP contribution in [-0.4, -0.2) is 9.55 Å². The third-order valence-electron chi connectivity index (χ3n) is 1.81. The Bertz CT molecular complexity index is 490. The molecule has 0 saturated carbocycles. The first-order valence-electron chi connectivity index (χ1n) is 4.07. The van der Waals surface area contributed by atoms with Gasteiger partial charge in [0.05, 0.1) is 11.9 Å². The summed E-state index contributed by atoms with van der Waals surface area (Å²) in [6, 6.07) is 9.75. The highest BCUT2D eigenvalue weighted by molar-refractivity contribution is 14.1. The van der Waals surface area contributed by atoms with Gasteiger partial charge in [0.25, 0.3) is 0 Å². The molecule has 0 amide bonds. The molecule has 0 unspecified atom stereocenters. The second-order valence-corrected chi connectivity index (χ2v) is 4.27. The molecule has 70 valence electrons. The van der Waals surface area contributed by atoms with Crippen LogP contribution in [0.15, 0.2) is 42.7 Å². The Morgan fingerprint density at radius 2 is 2.07 bits per heavy atom. The van der Waals surface area contributed by atoms with E-state index in [4.69, 9.17) is 12.2 Å². The van der Waals surface area contributed by atoms with E-state index in [9.17, 15) is 0 Å². The number of aromatic nitrogens is 2. The molecule has 0 fully saturated rings. The van der Waals surface area contributed by atoms with Crippen molar-refractivity contribution in [2.75, 3.05) is 0 Å². The van der Waals surface area contributed by atoms with Crippen LogP contribution >= 0.6 is 34.8 Å². The van der Waals surface area contributed by atoms with Crippen molar-refractivity contribution in [3.63, 3.8) is 0 Å². The molecule has 0 aliphatic carbocycles. The molecule has 2 rings (SSSR count). The molecule has 2 aromatic rings. The van der Waals surface area contributed by atoms with E-state index in [1.54, 1.807) is 0 Å². The fraction of sp³-hybridized carbons (Fsp3) is 0. The van der Waals surface area contributed by atoms with Crippen molar-refractivity contribution < 1.29 is 0 Å². The summed E-state index contributed by atoms with van der Waals surface area (Å²) in [5.74, 6) is 0. The number of hydrogen-bond acceptors (Lipinski definition) is 2. The maximum Gasteiger partial charge on any atom is 0.110 e. The number of pyridine rings is 2. The van der Waals surface area contributed by atoms with Crippen LogP contribution in [0, 0.1) is 8.34 Å². The lowest BCUT2D eigenvalue weighted by molar-refractivity contribution is 1.01. The average molecular weight is 314 g/mol. The molecule has 0 bridgehead atoms. The molecular weight excluding hydrogens is 307 g/mol. The van der Waals surface area contributed by atoms with E-state index in [0.29, 0.717) is 0 Å². The van der Waals surface area contributed by atoms with Gasteiger partial charge in [0, 0.05) is 6.20 Å². The fourth-order valence-corrected chi connectivity index (χ4v) is 1.72. The molecule has 0 radical (unpaired) electrons. The van der Waals surface area contributed by atoms with E-state index in [-0.39, 0.29) is 0 Å². The fourth-order valence-electron chi connectivity index (χ4n) is 1.15. The second-order valence-electron chi connectivity index (χ2n) is 2.75. The number of halogens is 1. The summed E-state index contributed by atoms with van der Waals surface area (Å²) in [7, 11) is 0. The zero-order valence-electron chi connectivity index (χ0n) is 7.22. The van der Waals surface area contributed by atoms with Gasteiger partial charge in [-0.3, -0.25) is 0 Å². The molecule has 0 saturated heterocycles. The molecule has 0 aliphatic rings. The number of rotatable bonds is 1. The van der Waals surface area contributed by atoms with Crippen molar-refractivity contribution in [2.24, 2.45) is 0 Å². The predicted molar refractivity (Wildman–Crippen MR) is 67.1 cm³/mol. The minimum atomic E-state index is 0.788. The maximum absolute atomic E-state index is 5.20. The molecule has 4 heteroatoms. The highest BCUT2D eigenvalue weighted by Gasteiger charge is 1.95. The Morgan fingerprint density at radius 1 is 1.21 bits per heavy atom. The van der Waals surface area contributed by atoms with Crippen LogP contribution in [0.4, 0.5) is 0 Å². The van der Waals surface area contributed by atoms with Crippen LogP contribution < -0.4 is 0 Å². The van der Waals surface area contributed by atoms with Crippen molar-refractivity contribution in [1.82, 2.24) is 9.55 Å². The highest BCUT2D eigenvalue weighted by atomic mass is 127. The predicted octanol–water partition coefficient (Wildman–Crippen LogP) is 3.21. The summed E-state index contributed by atoms with van der Waals surface area (Å²) in [6.45, 7) is 0. The lowest BCUT2D eigenvalue weighted by Gasteiger charge is -2.05. The molecule has 0 aliphatic heterocycles. The molecule has 0 aromatic carbocycles. The van der Waals surface area contributed by atoms with Gasteiger partial charge in [-0.05, 0) is 46.9 Å². The van der Waals surface area contributed by atoms with Crippen LogP contribution in [0.3, 0.4) is 0 Å². The summed E-state index contributed by atoms with van der Waals surface area (Å²) in [5.41, 5.74) is 0.996. The normalized spacial score (nSPS) is 10.1. The zero-order chi connectivity index (χ0) is 9.97. The molecule has 0 N–H and O–H groups in total. The van der Waals surface area contributed by atoms with Crippen LogP contribution in [0.25, 0.3) is 5.69 Å². The Labute approximate surface area is 101 Å². The monoisotopic (exact) mass is 314 g/mol. The van der Waals surface area contributed by atoms with Crippen LogP contribution in [0.1, 0.15) is 0 Å². The second kappa shape index (κ2) is 4.18. The summed E-state index contributed by atoms with van der Waals surface area (Å²) < 4.78 is 3.70. The van der Waals surface area contributed by atoms with Crippen LogP contribution in [0.2, 0.25) is 0 Å².